The van der Waals surface area contributed by atoms with E-state index < -0.39 is 0 Å². The van der Waals surface area contributed by atoms with Crippen molar-refractivity contribution in [2.24, 2.45) is 0 Å². The van der Waals surface area contributed by atoms with Crippen LogP contribution in [0.2, 0.25) is 0 Å². The van der Waals surface area contributed by atoms with Crippen molar-refractivity contribution in [1.82, 2.24) is 4.98 Å². The van der Waals surface area contributed by atoms with Gasteiger partial charge in [0.15, 0.2) is 0 Å². The number of hydrogen-bond donors (Lipinski definition) is 1. The van der Waals surface area contributed by atoms with Gasteiger partial charge in [-0.25, -0.2) is 4.98 Å². The number of carbonyl (C=O) groups excluding carboxylic acids is 1. The summed E-state index contributed by atoms with van der Waals surface area (Å²) in [5.74, 6) is 1.03. The lowest BCUT2D eigenvalue weighted by molar-refractivity contribution is -0.116. The van der Waals surface area contributed by atoms with Crippen LogP contribution in [0.25, 0.3) is 0 Å². The highest BCUT2D eigenvalue weighted by Crippen LogP contribution is 2.19. The number of pyridine rings is 1. The Labute approximate surface area is 137 Å². The van der Waals surface area contributed by atoms with E-state index in [0.29, 0.717) is 6.42 Å². The van der Waals surface area contributed by atoms with Gasteiger partial charge in [-0.2, -0.15) is 0 Å². The molecular weight excluding hydrogens is 286 g/mol. The zero-order valence-electron chi connectivity index (χ0n) is 13.6. The molecule has 1 amide bonds. The summed E-state index contributed by atoms with van der Waals surface area (Å²) in [6.07, 6.45) is 5.46. The molecule has 0 spiro atoms. The van der Waals surface area contributed by atoms with Gasteiger partial charge in [0.05, 0.1) is 11.9 Å². The number of hydrogen-bond acceptors (Lipinski definition) is 3. The van der Waals surface area contributed by atoms with Crippen LogP contribution < -0.4 is 10.2 Å². The Kier molecular flexibility index (Phi) is 4.91. The van der Waals surface area contributed by atoms with E-state index in [1.807, 2.05) is 12.1 Å². The summed E-state index contributed by atoms with van der Waals surface area (Å²) in [4.78, 5) is 18.8. The molecule has 1 saturated heterocycles. The second-order valence-electron chi connectivity index (χ2n) is 6.13. The smallest absolute Gasteiger partial charge is 0.224 e. The number of aryl methyl sites for hydroxylation is 2. The van der Waals surface area contributed by atoms with Crippen molar-refractivity contribution in [2.75, 3.05) is 23.3 Å². The van der Waals surface area contributed by atoms with E-state index in [1.165, 1.54) is 24.0 Å². The topological polar surface area (TPSA) is 45.2 Å². The molecule has 1 aliphatic heterocycles. The molecule has 1 aromatic heterocycles. The van der Waals surface area contributed by atoms with Crippen molar-refractivity contribution < 1.29 is 4.79 Å². The van der Waals surface area contributed by atoms with Gasteiger partial charge in [-0.1, -0.05) is 29.8 Å². The first-order chi connectivity index (χ1) is 11.2. The highest BCUT2D eigenvalue weighted by atomic mass is 16.1. The molecule has 0 aliphatic carbocycles. The molecule has 4 heteroatoms. The van der Waals surface area contributed by atoms with Crippen LogP contribution in [0.3, 0.4) is 0 Å². The first-order valence-electron chi connectivity index (χ1n) is 8.27. The van der Waals surface area contributed by atoms with Crippen LogP contribution in [0.15, 0.2) is 42.6 Å². The lowest BCUT2D eigenvalue weighted by Crippen LogP contribution is -2.19. The Morgan fingerprint density at radius 1 is 1.13 bits per heavy atom. The van der Waals surface area contributed by atoms with Crippen molar-refractivity contribution in [1.29, 1.82) is 0 Å². The van der Waals surface area contributed by atoms with Crippen LogP contribution in [0.1, 0.15) is 30.4 Å². The fourth-order valence-electron chi connectivity index (χ4n) is 2.83. The molecule has 0 bridgehead atoms. The van der Waals surface area contributed by atoms with Gasteiger partial charge in [-0.3, -0.25) is 4.79 Å². The molecule has 1 aliphatic rings. The average Bonchev–Trinajstić information content (AvgIpc) is 3.09. The van der Waals surface area contributed by atoms with Crippen LogP contribution in [-0.2, 0) is 11.2 Å². The monoisotopic (exact) mass is 309 g/mol. The van der Waals surface area contributed by atoms with Crippen molar-refractivity contribution >= 4 is 17.4 Å². The van der Waals surface area contributed by atoms with E-state index in [9.17, 15) is 4.79 Å². The normalized spacial score (nSPS) is 14.0. The lowest BCUT2D eigenvalue weighted by atomic mass is 10.1. The third-order valence-corrected chi connectivity index (χ3v) is 4.22. The Bertz CT molecular complexity index is 643. The van der Waals surface area contributed by atoms with Crippen LogP contribution >= 0.6 is 0 Å². The van der Waals surface area contributed by atoms with Crippen LogP contribution in [-0.4, -0.2) is 24.0 Å². The molecule has 120 valence electrons. The molecule has 2 aromatic rings. The second kappa shape index (κ2) is 7.27. The highest BCUT2D eigenvalue weighted by molar-refractivity contribution is 5.90. The maximum atomic E-state index is 12.0. The van der Waals surface area contributed by atoms with E-state index in [0.717, 1.165) is 31.0 Å². The third-order valence-electron chi connectivity index (χ3n) is 4.22. The summed E-state index contributed by atoms with van der Waals surface area (Å²) in [6.45, 7) is 4.22. The molecule has 23 heavy (non-hydrogen) atoms. The van der Waals surface area contributed by atoms with Gasteiger partial charge in [0.2, 0.25) is 5.91 Å². The Morgan fingerprint density at radius 3 is 2.52 bits per heavy atom. The standard InChI is InChI=1S/C19H23N3O/c1-15-4-6-16(7-5-15)8-11-19(23)21-17-9-10-18(20-14-17)22-12-2-3-13-22/h4-7,9-10,14H,2-3,8,11-13H2,1H3,(H,21,23). The maximum absolute atomic E-state index is 12.0. The van der Waals surface area contributed by atoms with Gasteiger partial charge in [-0.05, 0) is 43.9 Å². The predicted octanol–water partition coefficient (Wildman–Crippen LogP) is 3.56. The van der Waals surface area contributed by atoms with E-state index >= 15 is 0 Å². The minimum absolute atomic E-state index is 0.0290. The molecule has 1 aromatic carbocycles. The van der Waals surface area contributed by atoms with Crippen molar-refractivity contribution in [3.63, 3.8) is 0 Å². The minimum atomic E-state index is 0.0290. The van der Waals surface area contributed by atoms with Gasteiger partial charge in [0.25, 0.3) is 0 Å². The van der Waals surface area contributed by atoms with Crippen LogP contribution in [0.4, 0.5) is 11.5 Å². The summed E-state index contributed by atoms with van der Waals surface area (Å²) in [5.41, 5.74) is 3.19. The van der Waals surface area contributed by atoms with E-state index in [-0.39, 0.29) is 5.91 Å². The minimum Gasteiger partial charge on any atom is -0.357 e. The van der Waals surface area contributed by atoms with Gasteiger partial charge in [0.1, 0.15) is 5.82 Å². The zero-order valence-corrected chi connectivity index (χ0v) is 13.6. The number of carbonyl (C=O) groups is 1. The van der Waals surface area contributed by atoms with Gasteiger partial charge >= 0.3 is 0 Å². The van der Waals surface area contributed by atoms with E-state index in [4.69, 9.17) is 0 Å². The largest absolute Gasteiger partial charge is 0.357 e. The molecule has 3 rings (SSSR count). The zero-order chi connectivity index (χ0) is 16.1. The number of rotatable bonds is 5. The third kappa shape index (κ3) is 4.31. The fraction of sp³-hybridized carbons (Fsp3) is 0.368. The molecular formula is C19H23N3O. The Morgan fingerprint density at radius 2 is 1.87 bits per heavy atom. The SMILES string of the molecule is Cc1ccc(CCC(=O)Nc2ccc(N3CCCC3)nc2)cc1. The van der Waals surface area contributed by atoms with Crippen molar-refractivity contribution in [3.8, 4) is 0 Å². The molecule has 0 unspecified atom stereocenters. The van der Waals surface area contributed by atoms with Crippen LogP contribution in [0.5, 0.6) is 0 Å². The number of anilines is 2. The average molecular weight is 309 g/mol. The van der Waals surface area contributed by atoms with E-state index in [1.54, 1.807) is 6.20 Å². The molecule has 2 heterocycles. The number of amides is 1. The maximum Gasteiger partial charge on any atom is 0.224 e. The first kappa shape index (κ1) is 15.5. The summed E-state index contributed by atoms with van der Waals surface area (Å²) < 4.78 is 0. The quantitative estimate of drug-likeness (QED) is 0.918. The predicted molar refractivity (Wildman–Crippen MR) is 93.8 cm³/mol. The molecule has 1 fully saturated rings. The summed E-state index contributed by atoms with van der Waals surface area (Å²) in [5, 5.41) is 2.92. The molecule has 0 atom stereocenters. The van der Waals surface area contributed by atoms with E-state index in [2.05, 4.69) is 46.4 Å². The fourth-order valence-corrected chi connectivity index (χ4v) is 2.83. The van der Waals surface area contributed by atoms with Crippen LogP contribution in [0, 0.1) is 6.92 Å². The van der Waals surface area contributed by atoms with Gasteiger partial charge in [-0.15, -0.1) is 0 Å². The second-order valence-corrected chi connectivity index (χ2v) is 6.13. The molecule has 4 nitrogen and oxygen atoms in total. The Balaban J connectivity index is 1.50. The molecule has 0 radical (unpaired) electrons. The Hall–Kier alpha value is -2.36. The first-order valence-corrected chi connectivity index (χ1v) is 8.27. The number of benzene rings is 1. The van der Waals surface area contributed by atoms with Gasteiger partial charge in [0, 0.05) is 19.5 Å². The lowest BCUT2D eigenvalue weighted by Gasteiger charge is -2.16. The molecule has 0 saturated carbocycles. The highest BCUT2D eigenvalue weighted by Gasteiger charge is 2.13. The summed E-state index contributed by atoms with van der Waals surface area (Å²) >= 11 is 0. The molecule has 1 N–H and O–H groups in total. The number of nitrogens with one attached hydrogen (secondary N) is 1. The summed E-state index contributed by atoms with van der Waals surface area (Å²) in [7, 11) is 0. The number of aromatic nitrogens is 1. The number of nitrogens with zero attached hydrogens (tertiary/aromatic N) is 2. The summed E-state index contributed by atoms with van der Waals surface area (Å²) in [6, 6.07) is 12.2. The van der Waals surface area contributed by atoms with Crippen molar-refractivity contribution in [3.05, 3.63) is 53.7 Å². The van der Waals surface area contributed by atoms with Crippen molar-refractivity contribution in [2.45, 2.75) is 32.6 Å². The van der Waals surface area contributed by atoms with Gasteiger partial charge < -0.3 is 10.2 Å².